The molecule has 1 aromatic rings. The van der Waals surface area contributed by atoms with E-state index >= 15 is 0 Å². The van der Waals surface area contributed by atoms with Crippen LogP contribution in [0.15, 0.2) is 36.4 Å². The maximum absolute atomic E-state index is 2.22. The Hall–Kier alpha value is -1.30. The number of allylic oxidation sites excluding steroid dienone is 3. The molecule has 0 heterocycles. The molecule has 60 valence electrons. The molecular formula is C12H12. The first-order valence-corrected chi connectivity index (χ1v) is 4.33. The van der Waals surface area contributed by atoms with Crippen molar-refractivity contribution in [1.82, 2.24) is 0 Å². The number of rotatable bonds is 0. The molecule has 0 spiro atoms. The molecule has 0 aliphatic heterocycles. The van der Waals surface area contributed by atoms with E-state index in [-0.39, 0.29) is 0 Å². The van der Waals surface area contributed by atoms with Gasteiger partial charge in [-0.25, -0.2) is 0 Å². The molecule has 0 heteroatoms. The Morgan fingerprint density at radius 1 is 1.25 bits per heavy atom. The molecule has 1 aliphatic carbocycles. The first kappa shape index (κ1) is 7.35. The van der Waals surface area contributed by atoms with Crippen molar-refractivity contribution in [1.29, 1.82) is 0 Å². The van der Waals surface area contributed by atoms with Crippen molar-refractivity contribution in [2.24, 2.45) is 0 Å². The molecule has 0 unspecified atom stereocenters. The lowest BCUT2D eigenvalue weighted by Gasteiger charge is -2.12. The minimum atomic E-state index is 1.08. The summed E-state index contributed by atoms with van der Waals surface area (Å²) < 4.78 is 0. The van der Waals surface area contributed by atoms with Gasteiger partial charge in [-0.1, -0.05) is 42.5 Å². The highest BCUT2D eigenvalue weighted by Gasteiger charge is 2.06. The first-order valence-electron chi connectivity index (χ1n) is 4.33. The van der Waals surface area contributed by atoms with Crippen LogP contribution in [0.5, 0.6) is 0 Å². The summed E-state index contributed by atoms with van der Waals surface area (Å²) in [6.45, 7) is 2.10. The Labute approximate surface area is 73.2 Å². The third-order valence-electron chi connectivity index (χ3n) is 2.29. The van der Waals surface area contributed by atoms with Crippen molar-refractivity contribution in [3.05, 3.63) is 47.5 Å². The number of hydrogen-bond donors (Lipinski definition) is 0. The summed E-state index contributed by atoms with van der Waals surface area (Å²) in [5.41, 5.74) is 4.17. The van der Waals surface area contributed by atoms with Crippen LogP contribution in [0.1, 0.15) is 24.5 Å². The molecule has 0 amide bonds. The van der Waals surface area contributed by atoms with Gasteiger partial charge in [-0.15, -0.1) is 0 Å². The fourth-order valence-electron chi connectivity index (χ4n) is 1.63. The summed E-state index contributed by atoms with van der Waals surface area (Å²) >= 11 is 0. The van der Waals surface area contributed by atoms with E-state index in [1.807, 2.05) is 0 Å². The molecule has 0 saturated carbocycles. The van der Waals surface area contributed by atoms with Gasteiger partial charge in [-0.2, -0.15) is 0 Å². The number of benzene rings is 1. The average molecular weight is 156 g/mol. The lowest BCUT2D eigenvalue weighted by Crippen LogP contribution is -1.91. The Balaban J connectivity index is 2.60. The SMILES string of the molecule is CC=C1CC=Cc2ccccc21. The summed E-state index contributed by atoms with van der Waals surface area (Å²) in [5.74, 6) is 0. The second kappa shape index (κ2) is 2.98. The van der Waals surface area contributed by atoms with Crippen LogP contribution in [0, 0.1) is 0 Å². The van der Waals surface area contributed by atoms with E-state index in [0.29, 0.717) is 0 Å². The largest absolute Gasteiger partial charge is 0.0835 e. The van der Waals surface area contributed by atoms with E-state index in [1.165, 1.54) is 16.7 Å². The van der Waals surface area contributed by atoms with Gasteiger partial charge in [0.05, 0.1) is 0 Å². The van der Waals surface area contributed by atoms with Gasteiger partial charge in [0.2, 0.25) is 0 Å². The van der Waals surface area contributed by atoms with E-state index in [0.717, 1.165) is 6.42 Å². The minimum absolute atomic E-state index is 1.08. The minimum Gasteiger partial charge on any atom is -0.0835 e. The fourth-order valence-corrected chi connectivity index (χ4v) is 1.63. The van der Waals surface area contributed by atoms with Crippen molar-refractivity contribution >= 4 is 11.6 Å². The van der Waals surface area contributed by atoms with E-state index in [9.17, 15) is 0 Å². The second-order valence-corrected chi connectivity index (χ2v) is 3.01. The predicted molar refractivity (Wildman–Crippen MR) is 53.7 cm³/mol. The zero-order valence-electron chi connectivity index (χ0n) is 7.25. The van der Waals surface area contributed by atoms with Crippen LogP contribution < -0.4 is 0 Å². The van der Waals surface area contributed by atoms with Gasteiger partial charge < -0.3 is 0 Å². The molecule has 1 aliphatic rings. The number of fused-ring (bicyclic) bond motifs is 1. The standard InChI is InChI=1S/C12H12/c1-2-10-7-5-8-11-6-3-4-9-12(10)11/h2-6,8-9H,7H2,1H3. The Kier molecular flexibility index (Phi) is 1.83. The van der Waals surface area contributed by atoms with Crippen LogP contribution >= 0.6 is 0 Å². The summed E-state index contributed by atoms with van der Waals surface area (Å²) in [5, 5.41) is 0. The zero-order valence-corrected chi connectivity index (χ0v) is 7.25. The van der Waals surface area contributed by atoms with Crippen LogP contribution in [0.3, 0.4) is 0 Å². The monoisotopic (exact) mass is 156 g/mol. The highest BCUT2D eigenvalue weighted by atomic mass is 14.1. The molecule has 0 nitrogen and oxygen atoms in total. The van der Waals surface area contributed by atoms with Crippen LogP contribution in [-0.4, -0.2) is 0 Å². The fraction of sp³-hybridized carbons (Fsp3) is 0.167. The smallest absolute Gasteiger partial charge is 0.00912 e. The lowest BCUT2D eigenvalue weighted by atomic mass is 9.92. The van der Waals surface area contributed by atoms with Crippen molar-refractivity contribution < 1.29 is 0 Å². The normalized spacial score (nSPS) is 17.9. The molecule has 0 fully saturated rings. The third-order valence-corrected chi connectivity index (χ3v) is 2.29. The molecular weight excluding hydrogens is 144 g/mol. The van der Waals surface area contributed by atoms with Crippen molar-refractivity contribution in [3.63, 3.8) is 0 Å². The van der Waals surface area contributed by atoms with Gasteiger partial charge in [0, 0.05) is 0 Å². The molecule has 0 radical (unpaired) electrons. The summed E-state index contributed by atoms with van der Waals surface area (Å²) in [4.78, 5) is 0. The van der Waals surface area contributed by atoms with Crippen LogP contribution in [-0.2, 0) is 0 Å². The van der Waals surface area contributed by atoms with Crippen molar-refractivity contribution in [3.8, 4) is 0 Å². The Morgan fingerprint density at radius 2 is 2.08 bits per heavy atom. The molecule has 0 atom stereocenters. The van der Waals surface area contributed by atoms with Crippen molar-refractivity contribution in [2.45, 2.75) is 13.3 Å². The van der Waals surface area contributed by atoms with Crippen molar-refractivity contribution in [2.75, 3.05) is 0 Å². The molecule has 0 N–H and O–H groups in total. The summed E-state index contributed by atoms with van der Waals surface area (Å²) in [6.07, 6.45) is 7.69. The average Bonchev–Trinajstić information content (AvgIpc) is 2.17. The van der Waals surface area contributed by atoms with Gasteiger partial charge in [-0.3, -0.25) is 0 Å². The maximum Gasteiger partial charge on any atom is -0.00912 e. The second-order valence-electron chi connectivity index (χ2n) is 3.01. The van der Waals surface area contributed by atoms with Gasteiger partial charge in [0.25, 0.3) is 0 Å². The number of hydrogen-bond acceptors (Lipinski definition) is 0. The van der Waals surface area contributed by atoms with Crippen LogP contribution in [0.25, 0.3) is 11.6 Å². The topological polar surface area (TPSA) is 0 Å². The predicted octanol–water partition coefficient (Wildman–Crippen LogP) is 3.51. The van der Waals surface area contributed by atoms with E-state index in [1.54, 1.807) is 0 Å². The Morgan fingerprint density at radius 3 is 2.92 bits per heavy atom. The quantitative estimate of drug-likeness (QED) is 0.539. The Bertz CT molecular complexity index is 343. The first-order chi connectivity index (χ1) is 5.92. The van der Waals surface area contributed by atoms with Gasteiger partial charge >= 0.3 is 0 Å². The molecule has 1 aromatic carbocycles. The van der Waals surface area contributed by atoms with Gasteiger partial charge in [-0.05, 0) is 30.0 Å². The van der Waals surface area contributed by atoms with E-state index in [4.69, 9.17) is 0 Å². The zero-order chi connectivity index (χ0) is 8.39. The highest BCUT2D eigenvalue weighted by molar-refractivity contribution is 5.78. The maximum atomic E-state index is 2.22. The van der Waals surface area contributed by atoms with Crippen LogP contribution in [0.2, 0.25) is 0 Å². The summed E-state index contributed by atoms with van der Waals surface area (Å²) in [7, 11) is 0. The molecule has 0 bridgehead atoms. The highest BCUT2D eigenvalue weighted by Crippen LogP contribution is 2.27. The van der Waals surface area contributed by atoms with E-state index in [2.05, 4.69) is 49.4 Å². The molecule has 0 saturated heterocycles. The van der Waals surface area contributed by atoms with Crippen LogP contribution in [0.4, 0.5) is 0 Å². The molecule has 2 rings (SSSR count). The van der Waals surface area contributed by atoms with E-state index < -0.39 is 0 Å². The molecule has 0 aromatic heterocycles. The van der Waals surface area contributed by atoms with Gasteiger partial charge in [0.1, 0.15) is 0 Å². The third kappa shape index (κ3) is 1.10. The lowest BCUT2D eigenvalue weighted by molar-refractivity contribution is 1.35. The summed E-state index contributed by atoms with van der Waals surface area (Å²) in [6, 6.07) is 8.53. The molecule has 12 heavy (non-hydrogen) atoms. The van der Waals surface area contributed by atoms with Gasteiger partial charge in [0.15, 0.2) is 0 Å².